The van der Waals surface area contributed by atoms with Crippen LogP contribution in [0.15, 0.2) is 42.5 Å². The quantitative estimate of drug-likeness (QED) is 0.736. The van der Waals surface area contributed by atoms with E-state index in [0.29, 0.717) is 10.7 Å². The molecular weight excluding hydrogens is 387 g/mol. The maximum absolute atomic E-state index is 12.6. The average Bonchev–Trinajstić information content (AvgIpc) is 2.61. The van der Waals surface area contributed by atoms with E-state index in [1.54, 1.807) is 25.1 Å². The summed E-state index contributed by atoms with van der Waals surface area (Å²) in [6.45, 7) is 0.558. The van der Waals surface area contributed by atoms with E-state index in [1.165, 1.54) is 6.07 Å². The van der Waals surface area contributed by atoms with Crippen molar-refractivity contribution in [1.29, 1.82) is 0 Å². The van der Waals surface area contributed by atoms with Gasteiger partial charge in [-0.3, -0.25) is 4.79 Å². The maximum Gasteiger partial charge on any atom is 0.416 e. The zero-order chi connectivity index (χ0) is 20.0. The lowest BCUT2D eigenvalue weighted by molar-refractivity contribution is -0.149. The van der Waals surface area contributed by atoms with Crippen molar-refractivity contribution in [2.24, 2.45) is 0 Å². The van der Waals surface area contributed by atoms with Gasteiger partial charge in [0.15, 0.2) is 13.2 Å². The smallest absolute Gasteiger partial charge is 0.416 e. The first-order chi connectivity index (χ1) is 12.6. The number of ether oxygens (including phenoxy) is 2. The third-order valence-corrected chi connectivity index (χ3v) is 3.59. The Kier molecular flexibility index (Phi) is 6.68. The van der Waals surface area contributed by atoms with Gasteiger partial charge in [-0.1, -0.05) is 23.7 Å². The van der Waals surface area contributed by atoms with Gasteiger partial charge in [0.2, 0.25) is 0 Å². The molecule has 1 N–H and O–H groups in total. The number of benzene rings is 2. The summed E-state index contributed by atoms with van der Waals surface area (Å²) in [5.41, 5.74) is 0.348. The molecule has 0 aliphatic rings. The molecule has 0 fully saturated rings. The molecule has 0 aliphatic heterocycles. The Hall–Kier alpha value is -2.74. The molecule has 0 saturated heterocycles. The number of amides is 1. The molecule has 27 heavy (non-hydrogen) atoms. The zero-order valence-corrected chi connectivity index (χ0v) is 14.9. The van der Waals surface area contributed by atoms with Gasteiger partial charge in [-0.2, -0.15) is 13.2 Å². The number of nitrogens with one attached hydrogen (secondary N) is 1. The topological polar surface area (TPSA) is 64.6 Å². The van der Waals surface area contributed by atoms with E-state index in [0.717, 1.165) is 23.8 Å². The minimum atomic E-state index is -4.52. The van der Waals surface area contributed by atoms with Gasteiger partial charge in [-0.05, 0) is 42.8 Å². The highest BCUT2D eigenvalue weighted by Crippen LogP contribution is 2.31. The fourth-order valence-electron chi connectivity index (χ4n) is 2.01. The first-order valence-corrected chi connectivity index (χ1v) is 8.04. The molecular formula is C18H15ClF3NO4. The van der Waals surface area contributed by atoms with Gasteiger partial charge < -0.3 is 14.8 Å². The minimum Gasteiger partial charge on any atom is -0.482 e. The molecule has 0 heterocycles. The van der Waals surface area contributed by atoms with Gasteiger partial charge in [0.05, 0.1) is 5.56 Å². The van der Waals surface area contributed by atoms with Crippen LogP contribution in [0, 0.1) is 6.92 Å². The van der Waals surface area contributed by atoms with E-state index in [-0.39, 0.29) is 5.75 Å². The number of aryl methyl sites for hydroxylation is 1. The number of hydrogen-bond donors (Lipinski definition) is 1. The van der Waals surface area contributed by atoms with E-state index < -0.39 is 36.8 Å². The maximum atomic E-state index is 12.6. The SMILES string of the molecule is Cc1ccc(Cl)cc1NC(=O)COC(=O)COc1cccc(C(F)(F)F)c1. The molecule has 2 rings (SSSR count). The Morgan fingerprint density at radius 3 is 2.56 bits per heavy atom. The van der Waals surface area contributed by atoms with E-state index in [1.807, 2.05) is 0 Å². The molecule has 1 amide bonds. The number of halogens is 4. The van der Waals surface area contributed by atoms with Crippen LogP contribution in [-0.4, -0.2) is 25.1 Å². The Morgan fingerprint density at radius 1 is 1.11 bits per heavy atom. The lowest BCUT2D eigenvalue weighted by Gasteiger charge is -2.11. The molecule has 9 heteroatoms. The molecule has 0 bridgehead atoms. The average molecular weight is 402 g/mol. The molecule has 0 aliphatic carbocycles. The number of rotatable bonds is 6. The van der Waals surface area contributed by atoms with E-state index >= 15 is 0 Å². The van der Waals surface area contributed by atoms with Crippen LogP contribution in [0.2, 0.25) is 5.02 Å². The van der Waals surface area contributed by atoms with Crippen molar-refractivity contribution in [3.05, 3.63) is 58.6 Å². The van der Waals surface area contributed by atoms with Gasteiger partial charge in [0.25, 0.3) is 5.91 Å². The standard InChI is InChI=1S/C18H15ClF3NO4/c1-11-5-6-13(19)8-15(11)23-16(24)9-27-17(25)10-26-14-4-2-3-12(7-14)18(20,21)22/h2-8H,9-10H2,1H3,(H,23,24). The third-order valence-electron chi connectivity index (χ3n) is 3.36. The van der Waals surface area contributed by atoms with Crippen molar-refractivity contribution in [3.8, 4) is 5.75 Å². The van der Waals surface area contributed by atoms with Gasteiger partial charge in [0.1, 0.15) is 5.75 Å². The van der Waals surface area contributed by atoms with E-state index in [2.05, 4.69) is 5.32 Å². The number of esters is 1. The largest absolute Gasteiger partial charge is 0.482 e. The second-order valence-corrected chi connectivity index (χ2v) is 5.92. The molecule has 2 aromatic carbocycles. The first kappa shape index (κ1) is 20.6. The van der Waals surface area contributed by atoms with E-state index in [9.17, 15) is 22.8 Å². The molecule has 5 nitrogen and oxygen atoms in total. The van der Waals surface area contributed by atoms with Gasteiger partial charge in [-0.25, -0.2) is 4.79 Å². The summed E-state index contributed by atoms with van der Waals surface area (Å²) >= 11 is 5.84. The minimum absolute atomic E-state index is 0.138. The van der Waals surface area contributed by atoms with Crippen molar-refractivity contribution in [2.45, 2.75) is 13.1 Å². The normalized spacial score (nSPS) is 11.0. The molecule has 0 atom stereocenters. The lowest BCUT2D eigenvalue weighted by Crippen LogP contribution is -2.24. The van der Waals surface area contributed by atoms with E-state index in [4.69, 9.17) is 21.1 Å². The highest BCUT2D eigenvalue weighted by molar-refractivity contribution is 6.31. The number of anilines is 1. The number of alkyl halides is 3. The second-order valence-electron chi connectivity index (χ2n) is 5.48. The monoisotopic (exact) mass is 401 g/mol. The molecule has 2 aromatic rings. The van der Waals surface area contributed by atoms with Crippen LogP contribution >= 0.6 is 11.6 Å². The van der Waals surface area contributed by atoms with Crippen LogP contribution in [0.4, 0.5) is 18.9 Å². The van der Waals surface area contributed by atoms with Crippen LogP contribution in [0.5, 0.6) is 5.75 Å². The van der Waals surface area contributed by atoms with Crippen LogP contribution in [0.3, 0.4) is 0 Å². The predicted molar refractivity (Wildman–Crippen MR) is 92.7 cm³/mol. The van der Waals surface area contributed by atoms with Crippen LogP contribution in [0.1, 0.15) is 11.1 Å². The Morgan fingerprint density at radius 2 is 1.85 bits per heavy atom. The van der Waals surface area contributed by atoms with Gasteiger partial charge in [-0.15, -0.1) is 0 Å². The number of carbonyl (C=O) groups excluding carboxylic acids is 2. The predicted octanol–water partition coefficient (Wildman–Crippen LogP) is 4.23. The summed E-state index contributed by atoms with van der Waals surface area (Å²) in [5, 5.41) is 2.97. The van der Waals surface area contributed by atoms with Crippen LogP contribution in [-0.2, 0) is 20.5 Å². The summed E-state index contributed by atoms with van der Waals surface area (Å²) in [4.78, 5) is 23.4. The number of hydrogen-bond acceptors (Lipinski definition) is 4. The molecule has 0 aromatic heterocycles. The highest BCUT2D eigenvalue weighted by Gasteiger charge is 2.30. The fraction of sp³-hybridized carbons (Fsp3) is 0.222. The van der Waals surface area contributed by atoms with Crippen molar-refractivity contribution in [2.75, 3.05) is 18.5 Å². The van der Waals surface area contributed by atoms with Crippen molar-refractivity contribution < 1.29 is 32.2 Å². The van der Waals surface area contributed by atoms with Gasteiger partial charge in [0, 0.05) is 10.7 Å². The third kappa shape index (κ3) is 6.49. The Bertz CT molecular complexity index is 840. The molecule has 0 spiro atoms. The number of carbonyl (C=O) groups is 2. The second kappa shape index (κ2) is 8.77. The molecule has 0 saturated carbocycles. The lowest BCUT2D eigenvalue weighted by atomic mass is 10.2. The van der Waals surface area contributed by atoms with Crippen molar-refractivity contribution in [3.63, 3.8) is 0 Å². The summed E-state index contributed by atoms with van der Waals surface area (Å²) in [6, 6.07) is 9.01. The Labute approximate surface area is 158 Å². The Balaban J connectivity index is 1.81. The summed E-state index contributed by atoms with van der Waals surface area (Å²) in [7, 11) is 0. The molecule has 0 unspecified atom stereocenters. The van der Waals surface area contributed by atoms with Gasteiger partial charge >= 0.3 is 12.1 Å². The summed E-state index contributed by atoms with van der Waals surface area (Å²) < 4.78 is 47.5. The van der Waals surface area contributed by atoms with Crippen LogP contribution in [0.25, 0.3) is 0 Å². The van der Waals surface area contributed by atoms with Crippen molar-refractivity contribution >= 4 is 29.2 Å². The van der Waals surface area contributed by atoms with Crippen LogP contribution < -0.4 is 10.1 Å². The molecule has 0 radical (unpaired) electrons. The zero-order valence-electron chi connectivity index (χ0n) is 14.1. The fourth-order valence-corrected chi connectivity index (χ4v) is 2.18. The first-order valence-electron chi connectivity index (χ1n) is 7.67. The summed E-state index contributed by atoms with van der Waals surface area (Å²) in [6.07, 6.45) is -4.52. The van der Waals surface area contributed by atoms with Crippen molar-refractivity contribution in [1.82, 2.24) is 0 Å². The highest BCUT2D eigenvalue weighted by atomic mass is 35.5. The summed E-state index contributed by atoms with van der Waals surface area (Å²) in [5.74, 6) is -1.63. The molecule has 144 valence electrons.